The maximum atomic E-state index is 14.8. The Morgan fingerprint density at radius 2 is 1.78 bits per heavy atom. The molecule has 3 fully saturated rings. The molecule has 5 rings (SSSR count). The third kappa shape index (κ3) is 8.67. The number of carbonyl (C=O) groups is 4. The van der Waals surface area contributed by atoms with Crippen LogP contribution in [-0.2, 0) is 23.9 Å². The van der Waals surface area contributed by atoms with E-state index in [0.29, 0.717) is 38.3 Å². The molecule has 4 amide bonds. The number of fused-ring (bicyclic) bond motifs is 2. The first kappa shape index (κ1) is 37.7. The molecule has 2 saturated heterocycles. The molecular weight excluding hydrogens is 652 g/mol. The molecule has 14 heteroatoms. The summed E-state index contributed by atoms with van der Waals surface area (Å²) in [7, 11) is 0. The molecule has 0 radical (unpaired) electrons. The Balaban J connectivity index is 1.44. The second-order valence-corrected chi connectivity index (χ2v) is 15.4. The van der Waals surface area contributed by atoms with Gasteiger partial charge in [0.05, 0.1) is 24.7 Å². The van der Waals surface area contributed by atoms with Gasteiger partial charge in [-0.2, -0.15) is 0 Å². The molecule has 7 atom stereocenters. The topological polar surface area (TPSA) is 153 Å². The lowest BCUT2D eigenvalue weighted by Crippen LogP contribution is -2.66. The van der Waals surface area contributed by atoms with Crippen LogP contribution in [0.25, 0.3) is 0 Å². The van der Waals surface area contributed by atoms with E-state index < -0.39 is 72.1 Å². The van der Waals surface area contributed by atoms with E-state index in [0.717, 1.165) is 5.56 Å². The summed E-state index contributed by atoms with van der Waals surface area (Å²) < 4.78 is 45.8. The van der Waals surface area contributed by atoms with Crippen molar-refractivity contribution in [2.75, 3.05) is 32.8 Å². The maximum absolute atomic E-state index is 14.8. The van der Waals surface area contributed by atoms with Crippen molar-refractivity contribution in [3.63, 3.8) is 0 Å². The SMILES string of the molecule is CCO[C@@H]1C[C@@H]2CN(C(=O)[C@@H](NC(=O)[C@@H](C)C(OC(N)=O)C(C)(C)C)C3CCC(F)(F)CC3)[C@H](C(=O)N[C@@H]3CCOc4ccccc43)CN2C1. The Bertz CT molecular complexity index is 1400. The highest BCUT2D eigenvalue weighted by Crippen LogP contribution is 2.39. The molecular formula is C36H53F2N5O7. The summed E-state index contributed by atoms with van der Waals surface area (Å²) in [5, 5.41) is 6.05. The first-order chi connectivity index (χ1) is 23.6. The minimum absolute atomic E-state index is 0.0179. The van der Waals surface area contributed by atoms with Gasteiger partial charge in [0.25, 0.3) is 0 Å². The number of benzene rings is 1. The average molecular weight is 706 g/mol. The highest BCUT2D eigenvalue weighted by Gasteiger charge is 2.49. The highest BCUT2D eigenvalue weighted by molar-refractivity contribution is 5.93. The minimum atomic E-state index is -2.86. The predicted octanol–water partition coefficient (Wildman–Crippen LogP) is 3.77. The van der Waals surface area contributed by atoms with Crippen LogP contribution in [0.4, 0.5) is 13.6 Å². The number of nitrogens with zero attached hydrogens (tertiary/aromatic N) is 2. The fourth-order valence-electron chi connectivity index (χ4n) is 8.14. The van der Waals surface area contributed by atoms with E-state index >= 15 is 0 Å². The van der Waals surface area contributed by atoms with Crippen molar-refractivity contribution in [2.45, 2.75) is 115 Å². The summed E-state index contributed by atoms with van der Waals surface area (Å²) >= 11 is 0. The Hall–Kier alpha value is -3.52. The number of nitrogens with two attached hydrogens (primary N) is 1. The summed E-state index contributed by atoms with van der Waals surface area (Å²) in [6.07, 6.45) is -1.59. The van der Waals surface area contributed by atoms with Gasteiger partial charge in [0.15, 0.2) is 0 Å². The maximum Gasteiger partial charge on any atom is 0.404 e. The van der Waals surface area contributed by atoms with Crippen molar-refractivity contribution in [1.82, 2.24) is 20.4 Å². The number of piperazine rings is 1. The molecule has 1 saturated carbocycles. The number of rotatable bonds is 10. The van der Waals surface area contributed by atoms with Crippen LogP contribution in [0.3, 0.4) is 0 Å². The molecule has 0 spiro atoms. The van der Waals surface area contributed by atoms with E-state index in [4.69, 9.17) is 19.9 Å². The first-order valence-corrected chi connectivity index (χ1v) is 17.9. The van der Waals surface area contributed by atoms with Gasteiger partial charge in [-0.1, -0.05) is 45.9 Å². The lowest BCUT2D eigenvalue weighted by molar-refractivity contribution is -0.151. The van der Waals surface area contributed by atoms with Crippen LogP contribution in [0.5, 0.6) is 5.75 Å². The summed E-state index contributed by atoms with van der Waals surface area (Å²) in [6, 6.07) is 5.02. The van der Waals surface area contributed by atoms with Crippen LogP contribution in [0.15, 0.2) is 24.3 Å². The quantitative estimate of drug-likeness (QED) is 0.333. The van der Waals surface area contributed by atoms with Crippen LogP contribution in [0, 0.1) is 17.3 Å². The zero-order valence-electron chi connectivity index (χ0n) is 29.8. The van der Waals surface area contributed by atoms with Gasteiger partial charge >= 0.3 is 6.09 Å². The summed E-state index contributed by atoms with van der Waals surface area (Å²) in [4.78, 5) is 58.5. The largest absolute Gasteiger partial charge is 0.493 e. The molecule has 12 nitrogen and oxygen atoms in total. The van der Waals surface area contributed by atoms with Gasteiger partial charge in [0, 0.05) is 57.1 Å². The molecule has 1 unspecified atom stereocenters. The van der Waals surface area contributed by atoms with Gasteiger partial charge in [0.2, 0.25) is 23.6 Å². The standard InChI is InChI=1S/C36H53F2N5O7/c1-6-48-24-17-23-18-43(27(20-42(23)19-24)32(45)40-26-13-16-49-28-10-8-7-9-25(26)28)33(46)29(22-11-14-36(37,38)15-12-22)41-31(44)21(2)30(35(3,4)5)50-34(39)47/h7-10,21-24,26-27,29-30H,6,11-20H2,1-5H3,(H2,39,47)(H,40,45)(H,41,44)/t21-,23+,24+,26+,27-,29-,30?/m0/s1. The van der Waals surface area contributed by atoms with E-state index in [1.54, 1.807) is 32.6 Å². The number of ether oxygens (including phenoxy) is 3. The lowest BCUT2D eigenvalue weighted by atomic mass is 9.79. The Morgan fingerprint density at radius 3 is 2.44 bits per heavy atom. The number of amides is 4. The number of hydrogen-bond acceptors (Lipinski definition) is 8. The molecule has 3 heterocycles. The number of alkyl halides is 2. The Morgan fingerprint density at radius 1 is 1.08 bits per heavy atom. The third-order valence-corrected chi connectivity index (χ3v) is 10.7. The van der Waals surface area contributed by atoms with Crippen molar-refractivity contribution in [3.8, 4) is 5.75 Å². The normalized spacial score (nSPS) is 27.1. The van der Waals surface area contributed by atoms with Gasteiger partial charge in [0.1, 0.15) is 23.9 Å². The molecule has 1 aliphatic carbocycles. The smallest absolute Gasteiger partial charge is 0.404 e. The number of halogens is 2. The summed E-state index contributed by atoms with van der Waals surface area (Å²) in [6.45, 7) is 11.0. The fourth-order valence-corrected chi connectivity index (χ4v) is 8.14. The Labute approximate surface area is 293 Å². The second kappa shape index (κ2) is 15.4. The number of hydrogen-bond donors (Lipinski definition) is 3. The second-order valence-electron chi connectivity index (χ2n) is 15.4. The molecule has 0 bridgehead atoms. The van der Waals surface area contributed by atoms with E-state index in [-0.39, 0.29) is 50.0 Å². The number of primary amides is 1. The van der Waals surface area contributed by atoms with Crippen LogP contribution in [-0.4, -0.2) is 103 Å². The van der Waals surface area contributed by atoms with E-state index in [9.17, 15) is 28.0 Å². The molecule has 1 aromatic carbocycles. The number of para-hydroxylation sites is 1. The molecule has 4 N–H and O–H groups in total. The summed E-state index contributed by atoms with van der Waals surface area (Å²) in [5.41, 5.74) is 5.51. The van der Waals surface area contributed by atoms with Gasteiger partial charge < -0.3 is 35.5 Å². The van der Waals surface area contributed by atoms with E-state index in [1.165, 1.54) is 0 Å². The minimum Gasteiger partial charge on any atom is -0.493 e. The van der Waals surface area contributed by atoms with Gasteiger partial charge in [-0.05, 0) is 43.6 Å². The molecule has 1 aromatic rings. The average Bonchev–Trinajstić information content (AvgIpc) is 3.46. The monoisotopic (exact) mass is 705 g/mol. The molecule has 0 aromatic heterocycles. The predicted molar refractivity (Wildman–Crippen MR) is 180 cm³/mol. The first-order valence-electron chi connectivity index (χ1n) is 17.9. The van der Waals surface area contributed by atoms with E-state index in [2.05, 4.69) is 15.5 Å². The van der Waals surface area contributed by atoms with Crippen molar-refractivity contribution in [2.24, 2.45) is 23.0 Å². The fraction of sp³-hybridized carbons (Fsp3) is 0.722. The van der Waals surface area contributed by atoms with Crippen LogP contribution < -0.4 is 21.1 Å². The van der Waals surface area contributed by atoms with Gasteiger partial charge in [-0.15, -0.1) is 0 Å². The van der Waals surface area contributed by atoms with Gasteiger partial charge in [-0.25, -0.2) is 13.6 Å². The van der Waals surface area contributed by atoms with Crippen LogP contribution in [0.2, 0.25) is 0 Å². The molecule has 3 aliphatic heterocycles. The number of carbonyl (C=O) groups excluding carboxylic acids is 4. The van der Waals surface area contributed by atoms with Crippen molar-refractivity contribution < 1.29 is 42.2 Å². The zero-order valence-corrected chi connectivity index (χ0v) is 29.8. The Kier molecular flexibility index (Phi) is 11.6. The highest BCUT2D eigenvalue weighted by atomic mass is 19.3. The summed E-state index contributed by atoms with van der Waals surface area (Å²) in [5.74, 6) is -5.08. The van der Waals surface area contributed by atoms with Crippen molar-refractivity contribution in [1.29, 1.82) is 0 Å². The molecule has 278 valence electrons. The number of nitrogens with one attached hydrogen (secondary N) is 2. The molecule has 50 heavy (non-hydrogen) atoms. The molecule has 4 aliphatic rings. The van der Waals surface area contributed by atoms with Gasteiger partial charge in [-0.3, -0.25) is 19.3 Å². The van der Waals surface area contributed by atoms with Crippen molar-refractivity contribution >= 4 is 23.8 Å². The lowest BCUT2D eigenvalue weighted by Gasteiger charge is -2.45. The third-order valence-electron chi connectivity index (χ3n) is 10.7. The van der Waals surface area contributed by atoms with Crippen LogP contribution >= 0.6 is 0 Å². The van der Waals surface area contributed by atoms with E-state index in [1.807, 2.05) is 31.2 Å². The van der Waals surface area contributed by atoms with Crippen LogP contribution in [0.1, 0.15) is 84.7 Å². The van der Waals surface area contributed by atoms with Crippen molar-refractivity contribution in [3.05, 3.63) is 29.8 Å². The zero-order chi connectivity index (χ0) is 36.4.